The largest absolute Gasteiger partial charge is 0.489 e. The Morgan fingerprint density at radius 2 is 2.08 bits per heavy atom. The summed E-state index contributed by atoms with van der Waals surface area (Å²) in [6, 6.07) is 14.4. The van der Waals surface area contributed by atoms with Crippen molar-refractivity contribution in [3.05, 3.63) is 77.6 Å². The van der Waals surface area contributed by atoms with Crippen LogP contribution in [0.5, 0.6) is 5.75 Å². The van der Waals surface area contributed by atoms with Crippen LogP contribution in [0.15, 0.2) is 72.2 Å². The number of ether oxygens (including phenoxy) is 1. The number of amides is 1. The summed E-state index contributed by atoms with van der Waals surface area (Å²) in [5.41, 5.74) is 1.25. The van der Waals surface area contributed by atoms with Gasteiger partial charge in [-0.2, -0.15) is 5.10 Å². The van der Waals surface area contributed by atoms with Crippen LogP contribution in [0.4, 0.5) is 5.69 Å². The molecule has 6 nitrogen and oxygen atoms in total. The average Bonchev–Trinajstić information content (AvgIpc) is 2.66. The molecule has 1 aromatic heterocycles. The summed E-state index contributed by atoms with van der Waals surface area (Å²) in [6.45, 7) is 4.38. The maximum absolute atomic E-state index is 12.2. The van der Waals surface area contributed by atoms with Crippen LogP contribution >= 0.6 is 0 Å². The second kappa shape index (κ2) is 8.11. The first kappa shape index (κ1) is 17.4. The molecule has 0 aliphatic carbocycles. The van der Waals surface area contributed by atoms with Crippen molar-refractivity contribution in [3.63, 3.8) is 0 Å². The van der Waals surface area contributed by atoms with E-state index in [1.807, 2.05) is 30.3 Å². The van der Waals surface area contributed by atoms with Crippen molar-refractivity contribution >= 4 is 22.5 Å². The highest BCUT2D eigenvalue weighted by molar-refractivity contribution is 5.91. The van der Waals surface area contributed by atoms with Gasteiger partial charge in [0.1, 0.15) is 12.4 Å². The standard InChI is InChI=1S/C20H19N3O3/c1-2-12-26-16-7-5-6-15(13-16)22-20(25)10-11-23-18-9-4-3-8-17(18)19(24)14-21-23/h2-9,13-14H,1,10-12H2,(H,22,25). The Balaban J connectivity index is 1.66. The highest BCUT2D eigenvalue weighted by Crippen LogP contribution is 2.17. The molecule has 1 heterocycles. The van der Waals surface area contributed by atoms with Crippen molar-refractivity contribution in [1.29, 1.82) is 0 Å². The molecule has 1 N–H and O–H groups in total. The van der Waals surface area contributed by atoms with Gasteiger partial charge in [-0.15, -0.1) is 0 Å². The van der Waals surface area contributed by atoms with Crippen molar-refractivity contribution in [2.75, 3.05) is 11.9 Å². The summed E-state index contributed by atoms with van der Waals surface area (Å²) in [7, 11) is 0. The summed E-state index contributed by atoms with van der Waals surface area (Å²) in [6.07, 6.45) is 3.17. The van der Waals surface area contributed by atoms with E-state index in [-0.39, 0.29) is 17.8 Å². The number of fused-ring (bicyclic) bond motifs is 1. The number of hydrogen-bond donors (Lipinski definition) is 1. The molecule has 132 valence electrons. The first-order valence-electron chi connectivity index (χ1n) is 8.26. The lowest BCUT2D eigenvalue weighted by atomic mass is 10.2. The number of rotatable bonds is 7. The SMILES string of the molecule is C=CCOc1cccc(NC(=O)CCn2ncc(=O)c3ccccc32)c1. The lowest BCUT2D eigenvalue weighted by molar-refractivity contribution is -0.116. The number of benzene rings is 2. The van der Waals surface area contributed by atoms with Crippen molar-refractivity contribution in [1.82, 2.24) is 9.78 Å². The summed E-state index contributed by atoms with van der Waals surface area (Å²) in [4.78, 5) is 24.1. The monoisotopic (exact) mass is 349 g/mol. The van der Waals surface area contributed by atoms with E-state index in [9.17, 15) is 9.59 Å². The Hall–Kier alpha value is -3.41. The molecule has 0 aliphatic heterocycles. The number of carbonyl (C=O) groups is 1. The molecule has 3 rings (SSSR count). The molecule has 0 spiro atoms. The third kappa shape index (κ3) is 4.16. The van der Waals surface area contributed by atoms with Gasteiger partial charge in [-0.3, -0.25) is 14.3 Å². The number of anilines is 1. The Kier molecular flexibility index (Phi) is 5.43. The number of para-hydroxylation sites is 1. The van der Waals surface area contributed by atoms with E-state index in [2.05, 4.69) is 17.0 Å². The molecule has 0 aliphatic rings. The molecule has 1 amide bonds. The molecule has 0 unspecified atom stereocenters. The van der Waals surface area contributed by atoms with Crippen LogP contribution in [0, 0.1) is 0 Å². The Bertz CT molecular complexity index is 995. The third-order valence-electron chi connectivity index (χ3n) is 3.80. The summed E-state index contributed by atoms with van der Waals surface area (Å²) in [5, 5.41) is 7.56. The van der Waals surface area contributed by atoms with Crippen LogP contribution in [-0.2, 0) is 11.3 Å². The van der Waals surface area contributed by atoms with Gasteiger partial charge in [0, 0.05) is 23.6 Å². The predicted octanol–water partition coefficient (Wildman–Crippen LogP) is 2.99. The summed E-state index contributed by atoms with van der Waals surface area (Å²) < 4.78 is 7.12. The van der Waals surface area contributed by atoms with Crippen LogP contribution in [0.25, 0.3) is 10.9 Å². The fourth-order valence-corrected chi connectivity index (χ4v) is 2.59. The first-order valence-corrected chi connectivity index (χ1v) is 8.26. The minimum absolute atomic E-state index is 0.127. The number of nitrogens with zero attached hydrogens (tertiary/aromatic N) is 2. The predicted molar refractivity (Wildman–Crippen MR) is 101 cm³/mol. The van der Waals surface area contributed by atoms with Crippen molar-refractivity contribution in [3.8, 4) is 5.75 Å². The summed E-state index contributed by atoms with van der Waals surface area (Å²) >= 11 is 0. The zero-order valence-corrected chi connectivity index (χ0v) is 14.2. The molecule has 26 heavy (non-hydrogen) atoms. The van der Waals surface area contributed by atoms with Crippen LogP contribution in [0.1, 0.15) is 6.42 Å². The number of carbonyl (C=O) groups excluding carboxylic acids is 1. The Morgan fingerprint density at radius 1 is 1.23 bits per heavy atom. The minimum atomic E-state index is -0.143. The Labute approximate surface area is 150 Å². The van der Waals surface area contributed by atoms with Crippen molar-refractivity contribution < 1.29 is 9.53 Å². The van der Waals surface area contributed by atoms with Crippen LogP contribution in [0.2, 0.25) is 0 Å². The van der Waals surface area contributed by atoms with Gasteiger partial charge in [0.05, 0.1) is 18.3 Å². The van der Waals surface area contributed by atoms with E-state index >= 15 is 0 Å². The topological polar surface area (TPSA) is 73.2 Å². The zero-order chi connectivity index (χ0) is 18.4. The lowest BCUT2D eigenvalue weighted by Gasteiger charge is -2.10. The minimum Gasteiger partial charge on any atom is -0.489 e. The fraction of sp³-hybridized carbons (Fsp3) is 0.150. The van der Waals surface area contributed by atoms with Crippen LogP contribution in [-0.4, -0.2) is 22.3 Å². The molecule has 0 fully saturated rings. The van der Waals surface area contributed by atoms with Gasteiger partial charge in [0.25, 0.3) is 0 Å². The highest BCUT2D eigenvalue weighted by atomic mass is 16.5. The smallest absolute Gasteiger partial charge is 0.226 e. The van der Waals surface area contributed by atoms with Gasteiger partial charge in [0.2, 0.25) is 11.3 Å². The first-order chi connectivity index (χ1) is 12.7. The second-order valence-corrected chi connectivity index (χ2v) is 5.67. The zero-order valence-electron chi connectivity index (χ0n) is 14.2. The molecule has 6 heteroatoms. The lowest BCUT2D eigenvalue weighted by Crippen LogP contribution is -2.18. The van der Waals surface area contributed by atoms with Gasteiger partial charge >= 0.3 is 0 Å². The number of aryl methyl sites for hydroxylation is 1. The van der Waals surface area contributed by atoms with Gasteiger partial charge in [-0.25, -0.2) is 0 Å². The highest BCUT2D eigenvalue weighted by Gasteiger charge is 2.07. The van der Waals surface area contributed by atoms with Crippen molar-refractivity contribution in [2.45, 2.75) is 13.0 Å². The van der Waals surface area contributed by atoms with Gasteiger partial charge < -0.3 is 10.1 Å². The Morgan fingerprint density at radius 3 is 2.92 bits per heavy atom. The molecule has 3 aromatic rings. The summed E-state index contributed by atoms with van der Waals surface area (Å²) in [5.74, 6) is 0.520. The van der Waals surface area contributed by atoms with E-state index in [4.69, 9.17) is 4.74 Å². The molecule has 0 radical (unpaired) electrons. The fourth-order valence-electron chi connectivity index (χ4n) is 2.59. The van der Waals surface area contributed by atoms with E-state index in [0.717, 1.165) is 0 Å². The molecule has 0 saturated carbocycles. The number of hydrogen-bond acceptors (Lipinski definition) is 4. The molecule has 0 saturated heterocycles. The number of nitrogens with one attached hydrogen (secondary N) is 1. The molecule has 0 atom stereocenters. The normalized spacial score (nSPS) is 10.5. The second-order valence-electron chi connectivity index (χ2n) is 5.67. The van der Waals surface area contributed by atoms with E-state index < -0.39 is 0 Å². The van der Waals surface area contributed by atoms with Gasteiger partial charge in [-0.1, -0.05) is 30.9 Å². The third-order valence-corrected chi connectivity index (χ3v) is 3.80. The van der Waals surface area contributed by atoms with Crippen LogP contribution < -0.4 is 15.5 Å². The maximum atomic E-state index is 12.2. The van der Waals surface area contributed by atoms with Gasteiger partial charge in [0.15, 0.2) is 0 Å². The van der Waals surface area contributed by atoms with Crippen molar-refractivity contribution in [2.24, 2.45) is 0 Å². The van der Waals surface area contributed by atoms with Gasteiger partial charge in [-0.05, 0) is 24.3 Å². The van der Waals surface area contributed by atoms with E-state index in [0.29, 0.717) is 35.5 Å². The van der Waals surface area contributed by atoms with E-state index in [1.54, 1.807) is 29.0 Å². The average molecular weight is 349 g/mol. The molecular formula is C20H19N3O3. The van der Waals surface area contributed by atoms with Crippen LogP contribution in [0.3, 0.4) is 0 Å². The quantitative estimate of drug-likeness (QED) is 0.666. The molecule has 0 bridgehead atoms. The number of aromatic nitrogens is 2. The van der Waals surface area contributed by atoms with E-state index in [1.165, 1.54) is 6.20 Å². The molecular weight excluding hydrogens is 330 g/mol. The molecule has 2 aromatic carbocycles. The maximum Gasteiger partial charge on any atom is 0.226 e.